The molecule has 1 unspecified atom stereocenters. The van der Waals surface area contributed by atoms with E-state index >= 15 is 0 Å². The van der Waals surface area contributed by atoms with Crippen molar-refractivity contribution in [1.29, 1.82) is 0 Å². The Morgan fingerprint density at radius 3 is 2.74 bits per heavy atom. The van der Waals surface area contributed by atoms with Gasteiger partial charge in [-0.15, -0.1) is 0 Å². The lowest BCUT2D eigenvalue weighted by Gasteiger charge is -2.38. The standard InChI is InChI=1S/C22H23ClN4O3S/c1-15-4-6-18(7-5-15)31(28,29)30-21-12-20(23)19-11-17(13-24-22(19)25-21)27-10-9-26-8-2-3-16(26)14-27/h4-7,11-13,16H,2-3,8-10,14H2,1H3. The number of hydrogen-bond acceptors (Lipinski definition) is 7. The summed E-state index contributed by atoms with van der Waals surface area (Å²) in [7, 11) is -4.01. The number of aromatic nitrogens is 2. The van der Waals surface area contributed by atoms with Gasteiger partial charge in [-0.1, -0.05) is 29.3 Å². The minimum absolute atomic E-state index is 0.0606. The molecule has 0 N–H and O–H groups in total. The van der Waals surface area contributed by atoms with Crippen LogP contribution in [0.5, 0.6) is 5.88 Å². The maximum absolute atomic E-state index is 12.6. The zero-order chi connectivity index (χ0) is 21.6. The van der Waals surface area contributed by atoms with Gasteiger partial charge in [-0.2, -0.15) is 13.4 Å². The van der Waals surface area contributed by atoms with Crippen molar-refractivity contribution in [1.82, 2.24) is 14.9 Å². The fourth-order valence-corrected chi connectivity index (χ4v) is 5.45. The zero-order valence-electron chi connectivity index (χ0n) is 17.2. The topological polar surface area (TPSA) is 75.6 Å². The lowest BCUT2D eigenvalue weighted by atomic mass is 10.1. The van der Waals surface area contributed by atoms with Crippen LogP contribution in [-0.4, -0.2) is 55.5 Å². The molecule has 31 heavy (non-hydrogen) atoms. The molecule has 1 atom stereocenters. The summed E-state index contributed by atoms with van der Waals surface area (Å²) in [4.78, 5) is 13.7. The molecule has 0 radical (unpaired) electrons. The third-order valence-electron chi connectivity index (χ3n) is 6.03. The number of halogens is 1. The van der Waals surface area contributed by atoms with Gasteiger partial charge < -0.3 is 9.08 Å². The quantitative estimate of drug-likeness (QED) is 0.552. The minimum atomic E-state index is -4.01. The predicted molar refractivity (Wildman–Crippen MR) is 120 cm³/mol. The zero-order valence-corrected chi connectivity index (χ0v) is 18.7. The highest BCUT2D eigenvalue weighted by molar-refractivity contribution is 7.87. The van der Waals surface area contributed by atoms with Crippen LogP contribution in [0.2, 0.25) is 5.02 Å². The Hall–Kier alpha value is -2.42. The monoisotopic (exact) mass is 458 g/mol. The van der Waals surface area contributed by atoms with E-state index in [2.05, 4.69) is 19.8 Å². The molecular formula is C22H23ClN4O3S. The van der Waals surface area contributed by atoms with Gasteiger partial charge in [0.25, 0.3) is 0 Å². The number of hydrogen-bond donors (Lipinski definition) is 0. The van der Waals surface area contributed by atoms with Crippen molar-refractivity contribution < 1.29 is 12.6 Å². The molecular weight excluding hydrogens is 436 g/mol. The summed E-state index contributed by atoms with van der Waals surface area (Å²) in [5.41, 5.74) is 2.31. The molecule has 0 bridgehead atoms. The number of piperazine rings is 1. The Morgan fingerprint density at radius 1 is 1.13 bits per heavy atom. The van der Waals surface area contributed by atoms with E-state index in [1.54, 1.807) is 18.3 Å². The molecule has 2 saturated heterocycles. The molecule has 0 amide bonds. The number of anilines is 1. The first kappa shape index (κ1) is 20.5. The Kier molecular flexibility index (Phi) is 5.24. The van der Waals surface area contributed by atoms with Crippen LogP contribution < -0.4 is 9.08 Å². The van der Waals surface area contributed by atoms with E-state index < -0.39 is 10.1 Å². The van der Waals surface area contributed by atoms with Gasteiger partial charge in [0.05, 0.1) is 16.9 Å². The van der Waals surface area contributed by atoms with Gasteiger partial charge in [-0.3, -0.25) is 4.90 Å². The average Bonchev–Trinajstić information content (AvgIpc) is 3.21. The van der Waals surface area contributed by atoms with Crippen LogP contribution in [0.15, 0.2) is 47.5 Å². The largest absolute Gasteiger partial charge is 0.367 e. The Bertz CT molecular complexity index is 1230. The van der Waals surface area contributed by atoms with Crippen LogP contribution in [0.1, 0.15) is 18.4 Å². The van der Waals surface area contributed by atoms with E-state index in [9.17, 15) is 8.42 Å². The van der Waals surface area contributed by atoms with E-state index in [-0.39, 0.29) is 10.8 Å². The molecule has 2 aromatic heterocycles. The first-order valence-electron chi connectivity index (χ1n) is 10.4. The van der Waals surface area contributed by atoms with Crippen molar-refractivity contribution in [3.8, 4) is 5.88 Å². The van der Waals surface area contributed by atoms with Crippen LogP contribution in [0, 0.1) is 6.92 Å². The van der Waals surface area contributed by atoms with Gasteiger partial charge in [0, 0.05) is 37.1 Å². The predicted octanol–water partition coefficient (Wildman–Crippen LogP) is 3.64. The molecule has 0 aliphatic carbocycles. The number of aryl methyl sites for hydroxylation is 1. The van der Waals surface area contributed by atoms with Crippen molar-refractivity contribution >= 4 is 38.4 Å². The fraction of sp³-hybridized carbons (Fsp3) is 0.364. The number of benzene rings is 1. The summed E-state index contributed by atoms with van der Waals surface area (Å²) in [6.45, 7) is 6.06. The van der Waals surface area contributed by atoms with Crippen LogP contribution in [0.4, 0.5) is 5.69 Å². The minimum Gasteiger partial charge on any atom is -0.367 e. The van der Waals surface area contributed by atoms with E-state index in [1.165, 1.54) is 37.6 Å². The van der Waals surface area contributed by atoms with E-state index in [0.717, 1.165) is 30.9 Å². The van der Waals surface area contributed by atoms with Crippen LogP contribution in [-0.2, 0) is 10.1 Å². The van der Waals surface area contributed by atoms with Gasteiger partial charge in [0.2, 0.25) is 5.88 Å². The maximum atomic E-state index is 12.6. The molecule has 2 aliphatic rings. The highest BCUT2D eigenvalue weighted by Crippen LogP contribution is 2.31. The molecule has 0 saturated carbocycles. The molecule has 4 heterocycles. The number of fused-ring (bicyclic) bond motifs is 2. The SMILES string of the molecule is Cc1ccc(S(=O)(=O)Oc2cc(Cl)c3cc(N4CCN5CCCC5C4)cnc3n2)cc1. The molecule has 3 aromatic rings. The molecule has 0 spiro atoms. The smallest absolute Gasteiger partial charge is 0.340 e. The summed E-state index contributed by atoms with van der Waals surface area (Å²) >= 11 is 6.48. The van der Waals surface area contributed by atoms with Crippen LogP contribution >= 0.6 is 11.6 Å². The Morgan fingerprint density at radius 2 is 1.94 bits per heavy atom. The van der Waals surface area contributed by atoms with E-state index in [1.807, 2.05) is 13.0 Å². The van der Waals surface area contributed by atoms with Gasteiger partial charge in [0.1, 0.15) is 4.90 Å². The lowest BCUT2D eigenvalue weighted by Crippen LogP contribution is -2.50. The van der Waals surface area contributed by atoms with E-state index in [0.29, 0.717) is 22.1 Å². The summed E-state index contributed by atoms with van der Waals surface area (Å²) < 4.78 is 30.4. The average molecular weight is 459 g/mol. The second-order valence-electron chi connectivity index (χ2n) is 8.14. The number of nitrogens with zero attached hydrogens (tertiary/aromatic N) is 4. The second-order valence-corrected chi connectivity index (χ2v) is 10.1. The summed E-state index contributed by atoms with van der Waals surface area (Å²) in [6, 6.07) is 10.4. The Labute approximate surface area is 186 Å². The normalized spacial score (nSPS) is 19.5. The van der Waals surface area contributed by atoms with Crippen molar-refractivity contribution in [2.75, 3.05) is 31.1 Å². The van der Waals surface area contributed by atoms with Gasteiger partial charge in [-0.25, -0.2) is 4.98 Å². The fourth-order valence-electron chi connectivity index (χ4n) is 4.34. The van der Waals surface area contributed by atoms with Crippen molar-refractivity contribution in [2.24, 2.45) is 0 Å². The summed E-state index contributed by atoms with van der Waals surface area (Å²) in [5.74, 6) is -0.0992. The van der Waals surface area contributed by atoms with Gasteiger partial charge >= 0.3 is 10.1 Å². The highest BCUT2D eigenvalue weighted by Gasteiger charge is 2.30. The molecule has 1 aromatic carbocycles. The molecule has 9 heteroatoms. The first-order valence-corrected chi connectivity index (χ1v) is 12.1. The van der Waals surface area contributed by atoms with E-state index in [4.69, 9.17) is 15.8 Å². The first-order chi connectivity index (χ1) is 14.9. The van der Waals surface area contributed by atoms with Gasteiger partial charge in [-0.05, 0) is 44.5 Å². The Balaban J connectivity index is 1.41. The highest BCUT2D eigenvalue weighted by atomic mass is 35.5. The number of rotatable bonds is 4. The third kappa shape index (κ3) is 4.07. The number of pyridine rings is 2. The summed E-state index contributed by atoms with van der Waals surface area (Å²) in [6.07, 6.45) is 4.27. The lowest BCUT2D eigenvalue weighted by molar-refractivity contribution is 0.231. The third-order valence-corrected chi connectivity index (χ3v) is 7.59. The molecule has 7 nitrogen and oxygen atoms in total. The molecule has 2 aliphatic heterocycles. The summed E-state index contributed by atoms with van der Waals surface area (Å²) in [5, 5.41) is 1.03. The second kappa shape index (κ2) is 7.93. The molecule has 162 valence electrons. The van der Waals surface area contributed by atoms with Crippen molar-refractivity contribution in [3.63, 3.8) is 0 Å². The molecule has 5 rings (SSSR count). The molecule has 2 fully saturated rings. The van der Waals surface area contributed by atoms with Crippen molar-refractivity contribution in [3.05, 3.63) is 53.2 Å². The maximum Gasteiger partial charge on any atom is 0.340 e. The van der Waals surface area contributed by atoms with Gasteiger partial charge in [0.15, 0.2) is 5.65 Å². The van der Waals surface area contributed by atoms with Crippen molar-refractivity contribution in [2.45, 2.75) is 30.7 Å². The van der Waals surface area contributed by atoms with Crippen LogP contribution in [0.3, 0.4) is 0 Å². The van der Waals surface area contributed by atoms with Crippen LogP contribution in [0.25, 0.3) is 11.0 Å².